The molecule has 0 atom stereocenters. The van der Waals surface area contributed by atoms with Crippen molar-refractivity contribution < 1.29 is 0 Å². The number of aryl methyl sites for hydroxylation is 2. The van der Waals surface area contributed by atoms with Crippen LogP contribution in [0.4, 0.5) is 5.69 Å². The van der Waals surface area contributed by atoms with E-state index in [2.05, 4.69) is 62.7 Å². The smallest absolute Gasteiger partial charge is 0.0706 e. The second-order valence-corrected chi connectivity index (χ2v) is 7.83. The first-order chi connectivity index (χ1) is 12.5. The minimum atomic E-state index is 0.851. The van der Waals surface area contributed by atoms with Gasteiger partial charge in [0.1, 0.15) is 0 Å². The summed E-state index contributed by atoms with van der Waals surface area (Å²) in [5.74, 6) is 0.851. The van der Waals surface area contributed by atoms with Gasteiger partial charge in [0.2, 0.25) is 0 Å². The zero-order valence-electron chi connectivity index (χ0n) is 16.7. The molecule has 0 heterocycles. The van der Waals surface area contributed by atoms with Crippen LogP contribution in [-0.4, -0.2) is 6.21 Å². The average molecular weight is 346 g/mol. The fourth-order valence-corrected chi connectivity index (χ4v) is 4.25. The Morgan fingerprint density at radius 2 is 1.81 bits per heavy atom. The van der Waals surface area contributed by atoms with E-state index in [9.17, 15) is 0 Å². The molecule has 2 aromatic rings. The SMILES string of the molecule is C=C(c1ccc(CC2CCCC2)cc1N=CC)c1cc(C)cc(C)c1C. The highest BCUT2D eigenvalue weighted by Crippen LogP contribution is 2.35. The Morgan fingerprint density at radius 3 is 2.50 bits per heavy atom. The average Bonchev–Trinajstić information content (AvgIpc) is 3.11. The molecule has 0 amide bonds. The largest absolute Gasteiger partial charge is 0.261 e. The monoisotopic (exact) mass is 345 g/mol. The molecule has 1 heteroatoms. The highest BCUT2D eigenvalue weighted by Gasteiger charge is 2.17. The van der Waals surface area contributed by atoms with E-state index < -0.39 is 0 Å². The van der Waals surface area contributed by atoms with Gasteiger partial charge < -0.3 is 0 Å². The molecule has 0 bridgehead atoms. The van der Waals surface area contributed by atoms with Crippen LogP contribution in [-0.2, 0) is 6.42 Å². The maximum atomic E-state index is 4.68. The molecule has 1 aliphatic rings. The first-order valence-electron chi connectivity index (χ1n) is 9.88. The van der Waals surface area contributed by atoms with Gasteiger partial charge in [-0.2, -0.15) is 0 Å². The summed E-state index contributed by atoms with van der Waals surface area (Å²) in [5.41, 5.74) is 9.81. The number of benzene rings is 2. The summed E-state index contributed by atoms with van der Waals surface area (Å²) in [6, 6.07) is 11.3. The summed E-state index contributed by atoms with van der Waals surface area (Å²) >= 11 is 0. The lowest BCUT2D eigenvalue weighted by atomic mass is 9.89. The number of nitrogens with zero attached hydrogens (tertiary/aromatic N) is 1. The highest BCUT2D eigenvalue weighted by atomic mass is 14.7. The standard InChI is InChI=1S/C25H31N/c1-6-26-25-16-22(15-21-9-7-8-10-21)11-12-23(25)20(5)24-14-17(2)13-18(3)19(24)4/h6,11-14,16,21H,5,7-10,15H2,1-4H3. The van der Waals surface area contributed by atoms with Crippen LogP contribution in [0.2, 0.25) is 0 Å². The summed E-state index contributed by atoms with van der Waals surface area (Å²) in [6.07, 6.45) is 8.61. The van der Waals surface area contributed by atoms with Gasteiger partial charge in [0, 0.05) is 11.8 Å². The van der Waals surface area contributed by atoms with E-state index >= 15 is 0 Å². The summed E-state index contributed by atoms with van der Waals surface area (Å²) in [7, 11) is 0. The molecule has 136 valence electrons. The van der Waals surface area contributed by atoms with Crippen molar-refractivity contribution in [1.29, 1.82) is 0 Å². The van der Waals surface area contributed by atoms with E-state index in [0.29, 0.717) is 0 Å². The van der Waals surface area contributed by atoms with E-state index in [0.717, 1.165) is 22.7 Å². The molecule has 1 nitrogen and oxygen atoms in total. The first-order valence-corrected chi connectivity index (χ1v) is 9.88. The Kier molecular flexibility index (Phi) is 5.76. The predicted molar refractivity (Wildman–Crippen MR) is 115 cm³/mol. The maximum absolute atomic E-state index is 4.68. The second-order valence-electron chi connectivity index (χ2n) is 7.83. The van der Waals surface area contributed by atoms with Crippen molar-refractivity contribution in [3.63, 3.8) is 0 Å². The molecule has 0 spiro atoms. The second kappa shape index (κ2) is 8.03. The Balaban J connectivity index is 1.97. The van der Waals surface area contributed by atoms with Crippen LogP contribution >= 0.6 is 0 Å². The van der Waals surface area contributed by atoms with E-state index in [4.69, 9.17) is 0 Å². The van der Waals surface area contributed by atoms with Gasteiger partial charge in [0.25, 0.3) is 0 Å². The van der Waals surface area contributed by atoms with Crippen molar-refractivity contribution >= 4 is 17.5 Å². The Bertz CT molecular complexity index is 835. The van der Waals surface area contributed by atoms with Crippen LogP contribution in [0.25, 0.3) is 5.57 Å². The fraction of sp³-hybridized carbons (Fsp3) is 0.400. The number of hydrogen-bond donors (Lipinski definition) is 0. The van der Waals surface area contributed by atoms with Crippen molar-refractivity contribution in [1.82, 2.24) is 0 Å². The van der Waals surface area contributed by atoms with Crippen molar-refractivity contribution in [3.8, 4) is 0 Å². The first kappa shape index (κ1) is 18.6. The molecule has 0 radical (unpaired) electrons. The quantitative estimate of drug-likeness (QED) is 0.511. The zero-order valence-corrected chi connectivity index (χ0v) is 16.7. The van der Waals surface area contributed by atoms with Crippen molar-refractivity contribution in [2.45, 2.75) is 59.8 Å². The Labute approximate surface area is 158 Å². The summed E-state index contributed by atoms with van der Waals surface area (Å²) in [6.45, 7) is 12.9. The third-order valence-electron chi connectivity index (χ3n) is 5.79. The van der Waals surface area contributed by atoms with Gasteiger partial charge in [-0.15, -0.1) is 0 Å². The molecule has 26 heavy (non-hydrogen) atoms. The van der Waals surface area contributed by atoms with Gasteiger partial charge in [-0.1, -0.05) is 62.1 Å². The molecule has 0 unspecified atom stereocenters. The van der Waals surface area contributed by atoms with Crippen LogP contribution in [0.5, 0.6) is 0 Å². The molecule has 0 aromatic heterocycles. The minimum Gasteiger partial charge on any atom is -0.261 e. The normalized spacial score (nSPS) is 15.1. The van der Waals surface area contributed by atoms with Gasteiger partial charge in [0.05, 0.1) is 5.69 Å². The molecule has 3 rings (SSSR count). The molecule has 1 fully saturated rings. The van der Waals surface area contributed by atoms with Crippen molar-refractivity contribution in [3.05, 3.63) is 70.3 Å². The number of hydrogen-bond acceptors (Lipinski definition) is 1. The van der Waals surface area contributed by atoms with Crippen LogP contribution in [0, 0.1) is 26.7 Å². The van der Waals surface area contributed by atoms with E-state index in [1.807, 2.05) is 13.1 Å². The lowest BCUT2D eigenvalue weighted by molar-refractivity contribution is 0.546. The van der Waals surface area contributed by atoms with Gasteiger partial charge in [0.15, 0.2) is 0 Å². The van der Waals surface area contributed by atoms with Crippen LogP contribution in [0.1, 0.15) is 66.0 Å². The molecule has 0 aliphatic heterocycles. The third-order valence-corrected chi connectivity index (χ3v) is 5.79. The van der Waals surface area contributed by atoms with E-state index in [-0.39, 0.29) is 0 Å². The van der Waals surface area contributed by atoms with Gasteiger partial charge >= 0.3 is 0 Å². The topological polar surface area (TPSA) is 12.4 Å². The predicted octanol–water partition coefficient (Wildman–Crippen LogP) is 7.13. The van der Waals surface area contributed by atoms with E-state index in [1.165, 1.54) is 59.9 Å². The molecule has 1 aliphatic carbocycles. The van der Waals surface area contributed by atoms with Gasteiger partial charge in [-0.3, -0.25) is 4.99 Å². The lowest BCUT2D eigenvalue weighted by Crippen LogP contribution is -2.00. The molecule has 1 saturated carbocycles. The Morgan fingerprint density at radius 1 is 1.08 bits per heavy atom. The van der Waals surface area contributed by atoms with Crippen molar-refractivity contribution in [2.75, 3.05) is 0 Å². The minimum absolute atomic E-state index is 0.851. The van der Waals surface area contributed by atoms with Crippen LogP contribution in [0.3, 0.4) is 0 Å². The maximum Gasteiger partial charge on any atom is 0.0706 e. The van der Waals surface area contributed by atoms with Gasteiger partial charge in [-0.25, -0.2) is 0 Å². The summed E-state index contributed by atoms with van der Waals surface area (Å²) in [5, 5.41) is 0. The fourth-order valence-electron chi connectivity index (χ4n) is 4.25. The van der Waals surface area contributed by atoms with Crippen molar-refractivity contribution in [2.24, 2.45) is 10.9 Å². The highest BCUT2D eigenvalue weighted by molar-refractivity contribution is 5.86. The molecule has 0 saturated heterocycles. The van der Waals surface area contributed by atoms with Gasteiger partial charge in [-0.05, 0) is 73.9 Å². The zero-order chi connectivity index (χ0) is 18.7. The molecule has 2 aromatic carbocycles. The van der Waals surface area contributed by atoms with E-state index in [1.54, 1.807) is 0 Å². The number of rotatable bonds is 5. The number of aliphatic imine (C=N–C) groups is 1. The summed E-state index contributed by atoms with van der Waals surface area (Å²) < 4.78 is 0. The molecule has 0 N–H and O–H groups in total. The van der Waals surface area contributed by atoms with Crippen LogP contribution < -0.4 is 0 Å². The molecular formula is C25H31N. The van der Waals surface area contributed by atoms with Crippen LogP contribution in [0.15, 0.2) is 41.9 Å². The Hall–Kier alpha value is -2.15. The third kappa shape index (κ3) is 3.98. The lowest BCUT2D eigenvalue weighted by Gasteiger charge is -2.16. The molecular weight excluding hydrogens is 314 g/mol. The summed E-state index contributed by atoms with van der Waals surface area (Å²) in [4.78, 5) is 4.68.